The van der Waals surface area contributed by atoms with Gasteiger partial charge in [0.1, 0.15) is 0 Å². The number of rotatable bonds is 10. The van der Waals surface area contributed by atoms with Gasteiger partial charge >= 0.3 is 0 Å². The first-order chi connectivity index (χ1) is 9.29. The van der Waals surface area contributed by atoms with E-state index < -0.39 is 0 Å². The number of benzene rings is 1. The number of methoxy groups -OCH3 is 1. The Balaban J connectivity index is 2.75. The molecule has 0 bridgehead atoms. The van der Waals surface area contributed by atoms with Crippen molar-refractivity contribution in [3.05, 3.63) is 35.9 Å². The Morgan fingerprint density at radius 3 is 2.47 bits per heavy atom. The summed E-state index contributed by atoms with van der Waals surface area (Å²) in [6.07, 6.45) is 4.97. The molecule has 19 heavy (non-hydrogen) atoms. The predicted molar refractivity (Wildman–Crippen MR) is 82.7 cm³/mol. The fourth-order valence-corrected chi connectivity index (χ4v) is 2.65. The molecule has 1 atom stereocenters. The van der Waals surface area contributed by atoms with Crippen molar-refractivity contribution < 1.29 is 4.74 Å². The number of hydrogen-bond acceptors (Lipinski definition) is 2. The van der Waals surface area contributed by atoms with Gasteiger partial charge < -0.3 is 10.1 Å². The molecular formula is C17H29NO. The normalized spacial score (nSPS) is 14.3. The van der Waals surface area contributed by atoms with Crippen LogP contribution in [0, 0.1) is 0 Å². The lowest BCUT2D eigenvalue weighted by molar-refractivity contribution is 0.195. The Morgan fingerprint density at radius 2 is 1.89 bits per heavy atom. The number of nitrogens with one attached hydrogen (secondary N) is 1. The number of ether oxygens (including phenoxy) is 1. The van der Waals surface area contributed by atoms with Crippen LogP contribution in [0.5, 0.6) is 0 Å². The summed E-state index contributed by atoms with van der Waals surface area (Å²) < 4.78 is 5.11. The molecule has 108 valence electrons. The molecule has 0 aromatic heterocycles. The van der Waals surface area contributed by atoms with Gasteiger partial charge in [0.25, 0.3) is 0 Å². The molecule has 1 rings (SSSR count). The van der Waals surface area contributed by atoms with Crippen LogP contribution in [0.25, 0.3) is 0 Å². The predicted octanol–water partition coefficient (Wildman–Crippen LogP) is 3.76. The van der Waals surface area contributed by atoms with E-state index >= 15 is 0 Å². The Hall–Kier alpha value is -0.860. The summed E-state index contributed by atoms with van der Waals surface area (Å²) in [5.74, 6) is 0. The monoisotopic (exact) mass is 263 g/mol. The van der Waals surface area contributed by atoms with Gasteiger partial charge in [-0.15, -0.1) is 0 Å². The van der Waals surface area contributed by atoms with E-state index in [1.807, 2.05) is 0 Å². The minimum Gasteiger partial charge on any atom is -0.383 e. The summed E-state index contributed by atoms with van der Waals surface area (Å²) in [5.41, 5.74) is 1.74. The third-order valence-electron chi connectivity index (χ3n) is 4.02. The van der Waals surface area contributed by atoms with Crippen molar-refractivity contribution in [3.63, 3.8) is 0 Å². The van der Waals surface area contributed by atoms with Crippen LogP contribution >= 0.6 is 0 Å². The lowest BCUT2D eigenvalue weighted by Crippen LogP contribution is -2.39. The van der Waals surface area contributed by atoms with Crippen LogP contribution in [0.3, 0.4) is 0 Å². The summed E-state index contributed by atoms with van der Waals surface area (Å²) in [5, 5.41) is 3.56. The molecule has 2 nitrogen and oxygen atoms in total. The van der Waals surface area contributed by atoms with Crippen molar-refractivity contribution in [1.29, 1.82) is 0 Å². The van der Waals surface area contributed by atoms with Gasteiger partial charge in [-0.3, -0.25) is 0 Å². The maximum Gasteiger partial charge on any atom is 0.0587 e. The van der Waals surface area contributed by atoms with Gasteiger partial charge in [-0.05, 0) is 18.4 Å². The van der Waals surface area contributed by atoms with Gasteiger partial charge in [0, 0.05) is 25.6 Å². The van der Waals surface area contributed by atoms with Crippen LogP contribution in [-0.4, -0.2) is 26.8 Å². The molecule has 0 saturated heterocycles. The standard InChI is InChI=1S/C17H29NO/c1-4-6-12-17(5-2,15-18-13-14-19-3)16-10-8-7-9-11-16/h7-11,18H,4-6,12-15H2,1-3H3. The summed E-state index contributed by atoms with van der Waals surface area (Å²) in [6.45, 7) is 7.32. The quantitative estimate of drug-likeness (QED) is 0.649. The second-order valence-corrected chi connectivity index (χ2v) is 5.27. The highest BCUT2D eigenvalue weighted by Gasteiger charge is 2.28. The lowest BCUT2D eigenvalue weighted by atomic mass is 9.74. The van der Waals surface area contributed by atoms with E-state index in [-0.39, 0.29) is 5.41 Å². The molecule has 1 aromatic rings. The molecule has 0 radical (unpaired) electrons. The third kappa shape index (κ3) is 4.96. The van der Waals surface area contributed by atoms with Gasteiger partial charge in [-0.2, -0.15) is 0 Å². The molecule has 0 aliphatic carbocycles. The van der Waals surface area contributed by atoms with E-state index in [0.717, 1.165) is 19.7 Å². The van der Waals surface area contributed by atoms with Gasteiger partial charge in [-0.1, -0.05) is 57.0 Å². The van der Waals surface area contributed by atoms with Crippen LogP contribution in [-0.2, 0) is 10.2 Å². The van der Waals surface area contributed by atoms with E-state index in [4.69, 9.17) is 4.74 Å². The highest BCUT2D eigenvalue weighted by atomic mass is 16.5. The molecule has 1 aromatic carbocycles. The topological polar surface area (TPSA) is 21.3 Å². The minimum atomic E-state index is 0.269. The highest BCUT2D eigenvalue weighted by molar-refractivity contribution is 5.25. The molecule has 1 N–H and O–H groups in total. The first-order valence-corrected chi connectivity index (χ1v) is 7.54. The zero-order chi connectivity index (χ0) is 14.0. The molecular weight excluding hydrogens is 234 g/mol. The Kier molecular flexibility index (Phi) is 7.76. The largest absolute Gasteiger partial charge is 0.383 e. The summed E-state index contributed by atoms with van der Waals surface area (Å²) in [4.78, 5) is 0. The van der Waals surface area contributed by atoms with Crippen LogP contribution < -0.4 is 5.32 Å². The number of hydrogen-bond donors (Lipinski definition) is 1. The van der Waals surface area contributed by atoms with E-state index in [1.165, 1.54) is 31.2 Å². The van der Waals surface area contributed by atoms with Crippen molar-refractivity contribution >= 4 is 0 Å². The van der Waals surface area contributed by atoms with E-state index in [2.05, 4.69) is 49.5 Å². The van der Waals surface area contributed by atoms with E-state index in [1.54, 1.807) is 7.11 Å². The summed E-state index contributed by atoms with van der Waals surface area (Å²) in [7, 11) is 1.75. The zero-order valence-electron chi connectivity index (χ0n) is 12.7. The second kappa shape index (κ2) is 9.11. The SMILES string of the molecule is CCCCC(CC)(CNCCOC)c1ccccc1. The summed E-state index contributed by atoms with van der Waals surface area (Å²) >= 11 is 0. The molecule has 0 amide bonds. The summed E-state index contributed by atoms with van der Waals surface area (Å²) in [6, 6.07) is 11.0. The maximum absolute atomic E-state index is 5.11. The van der Waals surface area contributed by atoms with Crippen molar-refractivity contribution in [2.24, 2.45) is 0 Å². The van der Waals surface area contributed by atoms with Gasteiger partial charge in [0.2, 0.25) is 0 Å². The fourth-order valence-electron chi connectivity index (χ4n) is 2.65. The van der Waals surface area contributed by atoms with Crippen LogP contribution in [0.2, 0.25) is 0 Å². The maximum atomic E-state index is 5.11. The smallest absolute Gasteiger partial charge is 0.0587 e. The first-order valence-electron chi connectivity index (χ1n) is 7.54. The average Bonchev–Trinajstić information content (AvgIpc) is 2.48. The second-order valence-electron chi connectivity index (χ2n) is 5.27. The molecule has 0 aliphatic heterocycles. The van der Waals surface area contributed by atoms with Crippen LogP contribution in [0.4, 0.5) is 0 Å². The van der Waals surface area contributed by atoms with Crippen molar-refractivity contribution in [2.45, 2.75) is 44.9 Å². The van der Waals surface area contributed by atoms with E-state index in [9.17, 15) is 0 Å². The third-order valence-corrected chi connectivity index (χ3v) is 4.02. The van der Waals surface area contributed by atoms with Crippen LogP contribution in [0.1, 0.15) is 45.1 Å². The Labute approximate surface area is 118 Å². The fraction of sp³-hybridized carbons (Fsp3) is 0.647. The number of unbranched alkanes of at least 4 members (excludes halogenated alkanes) is 1. The molecule has 0 heterocycles. The first kappa shape index (κ1) is 16.2. The minimum absolute atomic E-state index is 0.269. The average molecular weight is 263 g/mol. The Morgan fingerprint density at radius 1 is 1.16 bits per heavy atom. The molecule has 1 unspecified atom stereocenters. The van der Waals surface area contributed by atoms with Gasteiger partial charge in [-0.25, -0.2) is 0 Å². The van der Waals surface area contributed by atoms with Gasteiger partial charge in [0.05, 0.1) is 6.61 Å². The Bertz CT molecular complexity index is 325. The van der Waals surface area contributed by atoms with E-state index in [0.29, 0.717) is 0 Å². The van der Waals surface area contributed by atoms with Crippen LogP contribution in [0.15, 0.2) is 30.3 Å². The highest BCUT2D eigenvalue weighted by Crippen LogP contribution is 2.32. The molecule has 0 spiro atoms. The van der Waals surface area contributed by atoms with Crippen molar-refractivity contribution in [2.75, 3.05) is 26.8 Å². The molecule has 0 aliphatic rings. The van der Waals surface area contributed by atoms with Gasteiger partial charge in [0.15, 0.2) is 0 Å². The molecule has 0 fully saturated rings. The zero-order valence-corrected chi connectivity index (χ0v) is 12.7. The van der Waals surface area contributed by atoms with Crippen molar-refractivity contribution in [1.82, 2.24) is 5.32 Å². The van der Waals surface area contributed by atoms with Crippen molar-refractivity contribution in [3.8, 4) is 0 Å². The molecule has 0 saturated carbocycles. The lowest BCUT2D eigenvalue weighted by Gasteiger charge is -2.34. The molecule has 2 heteroatoms.